The van der Waals surface area contributed by atoms with Crippen LogP contribution in [-0.2, 0) is 6.42 Å². The summed E-state index contributed by atoms with van der Waals surface area (Å²) in [7, 11) is 0. The van der Waals surface area contributed by atoms with Crippen LogP contribution in [0, 0.1) is 6.92 Å². The molecule has 0 fully saturated rings. The highest BCUT2D eigenvalue weighted by Gasteiger charge is 2.22. The summed E-state index contributed by atoms with van der Waals surface area (Å²) in [5.41, 5.74) is 6.96. The third kappa shape index (κ3) is 2.54. The Balaban J connectivity index is 1.50. The van der Waals surface area contributed by atoms with E-state index in [2.05, 4.69) is 70.1 Å². The highest BCUT2D eigenvalue weighted by molar-refractivity contribution is 5.94. The summed E-state index contributed by atoms with van der Waals surface area (Å²) >= 11 is 0. The number of pyridine rings is 1. The Morgan fingerprint density at radius 2 is 1.96 bits per heavy atom. The number of aromatic amines is 1. The van der Waals surface area contributed by atoms with Gasteiger partial charge in [0.1, 0.15) is 5.82 Å². The van der Waals surface area contributed by atoms with E-state index in [4.69, 9.17) is 4.98 Å². The Morgan fingerprint density at radius 1 is 1.04 bits per heavy atom. The maximum Gasteiger partial charge on any atom is 0.127 e. The smallest absolute Gasteiger partial charge is 0.127 e. The minimum atomic E-state index is 0.341. The summed E-state index contributed by atoms with van der Waals surface area (Å²) in [5, 5.41) is 12.2. The molecule has 4 aromatic rings. The van der Waals surface area contributed by atoms with Gasteiger partial charge >= 0.3 is 0 Å². The molecule has 2 aromatic carbocycles. The van der Waals surface area contributed by atoms with Crippen molar-refractivity contribution in [3.63, 3.8) is 0 Å². The number of nitrogens with one attached hydrogen (secondary N) is 2. The van der Waals surface area contributed by atoms with Crippen LogP contribution in [0.25, 0.3) is 22.2 Å². The molecule has 4 heteroatoms. The second-order valence-electron chi connectivity index (χ2n) is 6.94. The fraction of sp³-hybridized carbons (Fsp3) is 0.182. The zero-order valence-corrected chi connectivity index (χ0v) is 14.7. The number of aromatic nitrogens is 3. The van der Waals surface area contributed by atoms with E-state index in [1.807, 2.05) is 13.0 Å². The number of aryl methyl sites for hydroxylation is 2. The Labute approximate surface area is 152 Å². The van der Waals surface area contributed by atoms with Crippen LogP contribution in [0.2, 0.25) is 0 Å². The zero-order chi connectivity index (χ0) is 17.5. The SMILES string of the molecule is Cc1cc(-c2cccc3nc(N[C@@H]4CCc5ccccc54)ccc23)n[nH]1. The van der Waals surface area contributed by atoms with Crippen molar-refractivity contribution in [3.8, 4) is 11.3 Å². The van der Waals surface area contributed by atoms with Gasteiger partial charge in [0, 0.05) is 16.6 Å². The standard InChI is InChI=1S/C22H20N4/c1-14-13-21(26-25-14)17-7-4-8-19-18(17)10-12-22(23-19)24-20-11-9-15-5-2-3-6-16(15)20/h2-8,10,12-13,20H,9,11H2,1H3,(H,23,24)(H,25,26)/t20-/m1/s1. The minimum absolute atomic E-state index is 0.341. The number of hydrogen-bond donors (Lipinski definition) is 2. The van der Waals surface area contributed by atoms with Gasteiger partial charge in [-0.15, -0.1) is 0 Å². The maximum absolute atomic E-state index is 4.86. The van der Waals surface area contributed by atoms with Crippen LogP contribution in [0.1, 0.15) is 29.3 Å². The largest absolute Gasteiger partial charge is 0.363 e. The van der Waals surface area contributed by atoms with Gasteiger partial charge in [-0.1, -0.05) is 36.4 Å². The molecule has 4 nitrogen and oxygen atoms in total. The first-order chi connectivity index (χ1) is 12.8. The lowest BCUT2D eigenvalue weighted by molar-refractivity contribution is 0.758. The Hall–Kier alpha value is -3.14. The summed E-state index contributed by atoms with van der Waals surface area (Å²) in [5.74, 6) is 0.926. The Morgan fingerprint density at radius 3 is 2.85 bits per heavy atom. The zero-order valence-electron chi connectivity index (χ0n) is 14.7. The first kappa shape index (κ1) is 15.1. The first-order valence-corrected chi connectivity index (χ1v) is 9.04. The highest BCUT2D eigenvalue weighted by atomic mass is 15.1. The number of nitrogens with zero attached hydrogens (tertiary/aromatic N) is 2. The van der Waals surface area contributed by atoms with Gasteiger partial charge in [0.25, 0.3) is 0 Å². The van der Waals surface area contributed by atoms with Crippen molar-refractivity contribution in [2.75, 3.05) is 5.32 Å². The second-order valence-corrected chi connectivity index (χ2v) is 6.94. The summed E-state index contributed by atoms with van der Waals surface area (Å²) in [4.78, 5) is 4.86. The second kappa shape index (κ2) is 5.99. The molecule has 128 valence electrons. The predicted molar refractivity (Wildman–Crippen MR) is 105 cm³/mol. The highest BCUT2D eigenvalue weighted by Crippen LogP contribution is 2.34. The lowest BCUT2D eigenvalue weighted by Gasteiger charge is -2.15. The van der Waals surface area contributed by atoms with E-state index in [1.165, 1.54) is 11.1 Å². The van der Waals surface area contributed by atoms with Crippen molar-refractivity contribution < 1.29 is 0 Å². The van der Waals surface area contributed by atoms with E-state index in [0.29, 0.717) is 6.04 Å². The van der Waals surface area contributed by atoms with Crippen LogP contribution in [0.5, 0.6) is 0 Å². The van der Waals surface area contributed by atoms with Crippen LogP contribution in [-0.4, -0.2) is 15.2 Å². The average Bonchev–Trinajstić information content (AvgIpc) is 3.28. The summed E-state index contributed by atoms with van der Waals surface area (Å²) < 4.78 is 0. The van der Waals surface area contributed by atoms with Gasteiger partial charge in [-0.3, -0.25) is 5.10 Å². The van der Waals surface area contributed by atoms with Crippen molar-refractivity contribution in [1.29, 1.82) is 0 Å². The normalized spacial score (nSPS) is 16.0. The predicted octanol–water partition coefficient (Wildman–Crippen LogP) is 5.03. The van der Waals surface area contributed by atoms with Gasteiger partial charge in [0.15, 0.2) is 0 Å². The van der Waals surface area contributed by atoms with E-state index in [-0.39, 0.29) is 0 Å². The number of hydrogen-bond acceptors (Lipinski definition) is 3. The van der Waals surface area contributed by atoms with Gasteiger partial charge in [-0.2, -0.15) is 5.10 Å². The molecule has 26 heavy (non-hydrogen) atoms. The lowest BCUT2D eigenvalue weighted by Crippen LogP contribution is -2.08. The van der Waals surface area contributed by atoms with Gasteiger partial charge < -0.3 is 5.32 Å². The fourth-order valence-corrected chi connectivity index (χ4v) is 3.90. The minimum Gasteiger partial charge on any atom is -0.363 e. The van der Waals surface area contributed by atoms with E-state index < -0.39 is 0 Å². The lowest BCUT2D eigenvalue weighted by atomic mass is 10.1. The Bertz CT molecular complexity index is 1100. The first-order valence-electron chi connectivity index (χ1n) is 9.04. The number of fused-ring (bicyclic) bond motifs is 2. The summed E-state index contributed by atoms with van der Waals surface area (Å²) in [6.45, 7) is 2.02. The van der Waals surface area contributed by atoms with Crippen LogP contribution < -0.4 is 5.32 Å². The molecule has 0 spiro atoms. The van der Waals surface area contributed by atoms with E-state index >= 15 is 0 Å². The molecule has 5 rings (SSSR count). The molecule has 0 radical (unpaired) electrons. The van der Waals surface area contributed by atoms with Crippen molar-refractivity contribution in [2.24, 2.45) is 0 Å². The van der Waals surface area contributed by atoms with Crippen molar-refractivity contribution >= 4 is 16.7 Å². The molecule has 1 atom stereocenters. The molecule has 2 aromatic heterocycles. The van der Waals surface area contributed by atoms with E-state index in [1.54, 1.807) is 0 Å². The van der Waals surface area contributed by atoms with Crippen molar-refractivity contribution in [2.45, 2.75) is 25.8 Å². The van der Waals surface area contributed by atoms with Crippen LogP contribution >= 0.6 is 0 Å². The van der Waals surface area contributed by atoms with E-state index in [0.717, 1.165) is 46.5 Å². The molecule has 1 aliphatic rings. The van der Waals surface area contributed by atoms with Crippen LogP contribution in [0.4, 0.5) is 5.82 Å². The quantitative estimate of drug-likeness (QED) is 0.550. The van der Waals surface area contributed by atoms with Crippen LogP contribution in [0.15, 0.2) is 60.7 Å². The average molecular weight is 340 g/mol. The molecule has 0 bridgehead atoms. The molecule has 0 aliphatic heterocycles. The number of benzene rings is 2. The number of anilines is 1. The van der Waals surface area contributed by atoms with Crippen molar-refractivity contribution in [1.82, 2.24) is 15.2 Å². The number of H-pyrrole nitrogens is 1. The molecule has 1 aliphatic carbocycles. The Kier molecular flexibility index (Phi) is 3.49. The van der Waals surface area contributed by atoms with Gasteiger partial charge in [-0.25, -0.2) is 4.98 Å². The molecule has 0 amide bonds. The van der Waals surface area contributed by atoms with Crippen molar-refractivity contribution in [3.05, 3.63) is 77.5 Å². The molecule has 2 heterocycles. The third-order valence-electron chi connectivity index (χ3n) is 5.17. The fourth-order valence-electron chi connectivity index (χ4n) is 3.90. The molecular formula is C22H20N4. The topological polar surface area (TPSA) is 53.6 Å². The van der Waals surface area contributed by atoms with Gasteiger partial charge in [0.2, 0.25) is 0 Å². The summed E-state index contributed by atoms with van der Waals surface area (Å²) in [6, 6.07) is 21.5. The molecule has 2 N–H and O–H groups in total. The molecule has 0 unspecified atom stereocenters. The molecular weight excluding hydrogens is 320 g/mol. The van der Waals surface area contributed by atoms with Gasteiger partial charge in [-0.05, 0) is 55.2 Å². The van der Waals surface area contributed by atoms with Crippen LogP contribution in [0.3, 0.4) is 0 Å². The molecule has 0 saturated carbocycles. The maximum atomic E-state index is 4.86. The summed E-state index contributed by atoms with van der Waals surface area (Å²) in [6.07, 6.45) is 2.25. The van der Waals surface area contributed by atoms with Gasteiger partial charge in [0.05, 0.1) is 17.3 Å². The monoisotopic (exact) mass is 340 g/mol. The molecule has 0 saturated heterocycles. The number of rotatable bonds is 3. The van der Waals surface area contributed by atoms with E-state index in [9.17, 15) is 0 Å². The third-order valence-corrected chi connectivity index (χ3v) is 5.17.